The lowest BCUT2D eigenvalue weighted by atomic mass is 9.86. The second-order valence-electron chi connectivity index (χ2n) is 5.36. The summed E-state index contributed by atoms with van der Waals surface area (Å²) < 4.78 is 24.6. The molecule has 17 heavy (non-hydrogen) atoms. The van der Waals surface area contributed by atoms with Crippen LogP contribution in [-0.4, -0.2) is 54.3 Å². The molecule has 6 heteroatoms. The molecule has 2 heterocycles. The van der Waals surface area contributed by atoms with E-state index in [4.69, 9.17) is 0 Å². The Morgan fingerprint density at radius 1 is 1.53 bits per heavy atom. The number of hydrogen-bond acceptors (Lipinski definition) is 4. The SMILES string of the molecule is CS(=O)(=O)N1CCCC(CC2(O)CCSC2)C1. The van der Waals surface area contributed by atoms with E-state index in [9.17, 15) is 13.5 Å². The van der Waals surface area contributed by atoms with Gasteiger partial charge in [0.2, 0.25) is 10.0 Å². The molecular formula is C11H21NO3S2. The number of rotatable bonds is 3. The highest BCUT2D eigenvalue weighted by Crippen LogP contribution is 2.35. The van der Waals surface area contributed by atoms with Crippen LogP contribution in [0.1, 0.15) is 25.7 Å². The van der Waals surface area contributed by atoms with Gasteiger partial charge in [0.05, 0.1) is 11.9 Å². The van der Waals surface area contributed by atoms with Crippen LogP contribution in [0.4, 0.5) is 0 Å². The maximum Gasteiger partial charge on any atom is 0.211 e. The first kappa shape index (κ1) is 13.6. The largest absolute Gasteiger partial charge is 0.389 e. The summed E-state index contributed by atoms with van der Waals surface area (Å²) >= 11 is 1.79. The summed E-state index contributed by atoms with van der Waals surface area (Å²) in [5.41, 5.74) is -0.546. The number of hydrogen-bond donors (Lipinski definition) is 1. The van der Waals surface area contributed by atoms with E-state index in [1.165, 1.54) is 6.26 Å². The highest BCUT2D eigenvalue weighted by molar-refractivity contribution is 7.99. The van der Waals surface area contributed by atoms with E-state index in [1.54, 1.807) is 16.1 Å². The van der Waals surface area contributed by atoms with Gasteiger partial charge in [-0.05, 0) is 37.4 Å². The molecule has 4 nitrogen and oxygen atoms in total. The zero-order valence-electron chi connectivity index (χ0n) is 10.3. The molecule has 0 radical (unpaired) electrons. The van der Waals surface area contributed by atoms with E-state index in [2.05, 4.69) is 0 Å². The third-order valence-corrected chi connectivity index (χ3v) is 6.21. The predicted molar refractivity (Wildman–Crippen MR) is 70.6 cm³/mol. The van der Waals surface area contributed by atoms with Gasteiger partial charge >= 0.3 is 0 Å². The van der Waals surface area contributed by atoms with E-state index in [0.717, 1.165) is 37.2 Å². The van der Waals surface area contributed by atoms with Gasteiger partial charge in [-0.15, -0.1) is 0 Å². The molecular weight excluding hydrogens is 258 g/mol. The Balaban J connectivity index is 1.94. The third-order valence-electron chi connectivity index (χ3n) is 3.70. The normalized spacial score (nSPS) is 36.2. The standard InChI is InChI=1S/C11H21NO3S2/c1-17(14,15)12-5-2-3-10(8-12)7-11(13)4-6-16-9-11/h10,13H,2-9H2,1H3. The molecule has 2 unspecified atom stereocenters. The van der Waals surface area contributed by atoms with Crippen molar-refractivity contribution in [3.63, 3.8) is 0 Å². The molecule has 2 fully saturated rings. The van der Waals surface area contributed by atoms with Crippen molar-refractivity contribution in [2.45, 2.75) is 31.3 Å². The molecule has 2 saturated heterocycles. The first-order valence-corrected chi connectivity index (χ1v) is 9.15. The lowest BCUT2D eigenvalue weighted by Gasteiger charge is -2.34. The van der Waals surface area contributed by atoms with E-state index >= 15 is 0 Å². The Morgan fingerprint density at radius 2 is 2.29 bits per heavy atom. The van der Waals surface area contributed by atoms with Crippen LogP contribution >= 0.6 is 11.8 Å². The minimum Gasteiger partial charge on any atom is -0.389 e. The fourth-order valence-corrected chi connectivity index (χ4v) is 5.04. The number of sulfonamides is 1. The van der Waals surface area contributed by atoms with Crippen molar-refractivity contribution in [2.24, 2.45) is 5.92 Å². The minimum absolute atomic E-state index is 0.321. The summed E-state index contributed by atoms with van der Waals surface area (Å²) in [6.45, 7) is 1.23. The fraction of sp³-hybridized carbons (Fsp3) is 1.00. The molecule has 2 rings (SSSR count). The van der Waals surface area contributed by atoms with Gasteiger partial charge in [-0.3, -0.25) is 0 Å². The molecule has 2 aliphatic rings. The van der Waals surface area contributed by atoms with E-state index in [1.807, 2.05) is 0 Å². The molecule has 2 atom stereocenters. The van der Waals surface area contributed by atoms with Gasteiger partial charge in [-0.25, -0.2) is 12.7 Å². The van der Waals surface area contributed by atoms with Crippen LogP contribution < -0.4 is 0 Å². The molecule has 0 spiro atoms. The van der Waals surface area contributed by atoms with Gasteiger partial charge in [0.1, 0.15) is 0 Å². The van der Waals surface area contributed by atoms with Crippen molar-refractivity contribution in [3.8, 4) is 0 Å². The van der Waals surface area contributed by atoms with Crippen molar-refractivity contribution >= 4 is 21.8 Å². The monoisotopic (exact) mass is 279 g/mol. The second-order valence-corrected chi connectivity index (χ2v) is 8.45. The zero-order valence-corrected chi connectivity index (χ0v) is 11.9. The second kappa shape index (κ2) is 5.07. The molecule has 0 bridgehead atoms. The molecule has 0 saturated carbocycles. The van der Waals surface area contributed by atoms with Gasteiger partial charge < -0.3 is 5.11 Å². The number of aliphatic hydroxyl groups is 1. The number of piperidine rings is 1. The van der Waals surface area contributed by atoms with Crippen LogP contribution in [-0.2, 0) is 10.0 Å². The maximum absolute atomic E-state index is 11.5. The van der Waals surface area contributed by atoms with Gasteiger partial charge in [0.15, 0.2) is 0 Å². The van der Waals surface area contributed by atoms with Crippen LogP contribution in [0.3, 0.4) is 0 Å². The first-order valence-electron chi connectivity index (χ1n) is 6.14. The lowest BCUT2D eigenvalue weighted by molar-refractivity contribution is 0.0320. The summed E-state index contributed by atoms with van der Waals surface area (Å²) in [6, 6.07) is 0. The van der Waals surface area contributed by atoms with E-state index < -0.39 is 15.6 Å². The Hall–Kier alpha value is 0.220. The van der Waals surface area contributed by atoms with Gasteiger partial charge in [0.25, 0.3) is 0 Å². The van der Waals surface area contributed by atoms with Gasteiger partial charge in [-0.1, -0.05) is 0 Å². The van der Waals surface area contributed by atoms with Crippen molar-refractivity contribution in [1.29, 1.82) is 0 Å². The summed E-state index contributed by atoms with van der Waals surface area (Å²) in [4.78, 5) is 0. The molecule has 1 N–H and O–H groups in total. The third kappa shape index (κ3) is 3.59. The molecule has 0 aliphatic carbocycles. The van der Waals surface area contributed by atoms with Crippen LogP contribution in [0.5, 0.6) is 0 Å². The minimum atomic E-state index is -3.07. The highest BCUT2D eigenvalue weighted by Gasteiger charge is 2.36. The average Bonchev–Trinajstić information content (AvgIpc) is 2.64. The average molecular weight is 279 g/mol. The molecule has 100 valence electrons. The predicted octanol–water partition coefficient (Wildman–Crippen LogP) is 0.916. The number of nitrogens with zero attached hydrogens (tertiary/aromatic N) is 1. The summed E-state index contributed by atoms with van der Waals surface area (Å²) in [6.07, 6.45) is 4.84. The molecule has 0 aromatic heterocycles. The number of thioether (sulfide) groups is 1. The van der Waals surface area contributed by atoms with Crippen molar-refractivity contribution < 1.29 is 13.5 Å². The van der Waals surface area contributed by atoms with Crippen molar-refractivity contribution in [2.75, 3.05) is 30.9 Å². The highest BCUT2D eigenvalue weighted by atomic mass is 32.2. The van der Waals surface area contributed by atoms with Gasteiger partial charge in [0, 0.05) is 18.8 Å². The van der Waals surface area contributed by atoms with E-state index in [-0.39, 0.29) is 0 Å². The molecule has 2 aliphatic heterocycles. The first-order chi connectivity index (χ1) is 7.89. The van der Waals surface area contributed by atoms with Crippen LogP contribution in [0, 0.1) is 5.92 Å². The van der Waals surface area contributed by atoms with Crippen molar-refractivity contribution in [3.05, 3.63) is 0 Å². The van der Waals surface area contributed by atoms with Crippen molar-refractivity contribution in [1.82, 2.24) is 4.31 Å². The molecule has 0 aromatic carbocycles. The molecule has 0 aromatic rings. The summed E-state index contributed by atoms with van der Waals surface area (Å²) in [5, 5.41) is 10.3. The Bertz CT molecular complexity index is 363. The smallest absolute Gasteiger partial charge is 0.211 e. The van der Waals surface area contributed by atoms with Crippen LogP contribution in [0.2, 0.25) is 0 Å². The van der Waals surface area contributed by atoms with Crippen LogP contribution in [0.15, 0.2) is 0 Å². The quantitative estimate of drug-likeness (QED) is 0.834. The fourth-order valence-electron chi connectivity index (χ4n) is 2.79. The Kier molecular flexibility index (Phi) is 4.07. The van der Waals surface area contributed by atoms with Crippen LogP contribution in [0.25, 0.3) is 0 Å². The summed E-state index contributed by atoms with van der Waals surface area (Å²) in [7, 11) is -3.07. The van der Waals surface area contributed by atoms with E-state index in [0.29, 0.717) is 19.0 Å². The lowest BCUT2D eigenvalue weighted by Crippen LogP contribution is -2.42. The Morgan fingerprint density at radius 3 is 2.88 bits per heavy atom. The maximum atomic E-state index is 11.5. The topological polar surface area (TPSA) is 57.6 Å². The molecule has 0 amide bonds. The Labute approximate surface area is 108 Å². The summed E-state index contributed by atoms with van der Waals surface area (Å²) in [5.74, 6) is 2.16. The van der Waals surface area contributed by atoms with Gasteiger partial charge in [-0.2, -0.15) is 11.8 Å². The zero-order chi connectivity index (χ0) is 12.5.